The van der Waals surface area contributed by atoms with Crippen molar-refractivity contribution in [1.29, 1.82) is 0 Å². The first-order chi connectivity index (χ1) is 8.56. The van der Waals surface area contributed by atoms with E-state index in [1.807, 2.05) is 0 Å². The molecule has 1 aliphatic carbocycles. The molecule has 0 amide bonds. The lowest BCUT2D eigenvalue weighted by atomic mass is 10.1. The lowest BCUT2D eigenvalue weighted by Crippen LogP contribution is -2.21. The van der Waals surface area contributed by atoms with Crippen LogP contribution in [-0.2, 0) is 6.54 Å². The molecule has 1 aliphatic rings. The number of hydrogen-bond donors (Lipinski definition) is 3. The minimum Gasteiger partial charge on any atom is -0.478 e. The van der Waals surface area contributed by atoms with Crippen LogP contribution in [0, 0.1) is 18.8 Å². The Kier molecular flexibility index (Phi) is 4.07. The van der Waals surface area contributed by atoms with Crippen LogP contribution in [-0.4, -0.2) is 22.6 Å². The second kappa shape index (κ2) is 5.57. The monoisotopic (exact) mass is 250 g/mol. The van der Waals surface area contributed by atoms with E-state index in [1.165, 1.54) is 19.3 Å². The molecule has 0 spiro atoms. The van der Waals surface area contributed by atoms with Gasteiger partial charge < -0.3 is 15.4 Å². The van der Waals surface area contributed by atoms with Gasteiger partial charge in [-0.25, -0.2) is 4.79 Å². The second-order valence-electron chi connectivity index (χ2n) is 5.55. The summed E-state index contributed by atoms with van der Waals surface area (Å²) in [5, 5.41) is 12.4. The third kappa shape index (κ3) is 3.13. The number of aryl methyl sites for hydroxylation is 1. The van der Waals surface area contributed by atoms with Crippen molar-refractivity contribution in [2.24, 2.45) is 11.8 Å². The van der Waals surface area contributed by atoms with Gasteiger partial charge in [0.15, 0.2) is 0 Å². The number of nitrogens with one attached hydrogen (secondary N) is 2. The molecular weight excluding hydrogens is 228 g/mol. The van der Waals surface area contributed by atoms with E-state index in [0.717, 1.165) is 36.3 Å². The zero-order chi connectivity index (χ0) is 13.1. The molecule has 1 fully saturated rings. The summed E-state index contributed by atoms with van der Waals surface area (Å²) < 4.78 is 0. The minimum absolute atomic E-state index is 0.376. The first-order valence-electron chi connectivity index (χ1n) is 6.68. The SMILES string of the molecule is Cc1[nH]c(CNCC2CCC(C)C2)cc1C(=O)O. The van der Waals surface area contributed by atoms with Crippen molar-refractivity contribution < 1.29 is 9.90 Å². The smallest absolute Gasteiger partial charge is 0.337 e. The molecule has 1 aromatic rings. The molecule has 0 bridgehead atoms. The van der Waals surface area contributed by atoms with Crippen LogP contribution >= 0.6 is 0 Å². The van der Waals surface area contributed by atoms with Gasteiger partial charge in [-0.2, -0.15) is 0 Å². The molecule has 0 radical (unpaired) electrons. The first kappa shape index (κ1) is 13.1. The van der Waals surface area contributed by atoms with Crippen molar-refractivity contribution in [1.82, 2.24) is 10.3 Å². The van der Waals surface area contributed by atoms with E-state index in [-0.39, 0.29) is 0 Å². The molecule has 100 valence electrons. The third-order valence-electron chi connectivity index (χ3n) is 3.85. The Morgan fingerprint density at radius 1 is 1.56 bits per heavy atom. The summed E-state index contributed by atoms with van der Waals surface area (Å²) >= 11 is 0. The Balaban J connectivity index is 1.80. The van der Waals surface area contributed by atoms with Crippen LogP contribution in [0.3, 0.4) is 0 Å². The number of rotatable bonds is 5. The normalized spacial score (nSPS) is 23.4. The van der Waals surface area contributed by atoms with Gasteiger partial charge in [-0.3, -0.25) is 0 Å². The zero-order valence-corrected chi connectivity index (χ0v) is 11.1. The number of carboxylic acids is 1. The summed E-state index contributed by atoms with van der Waals surface area (Å²) in [6, 6.07) is 1.72. The highest BCUT2D eigenvalue weighted by Crippen LogP contribution is 2.29. The van der Waals surface area contributed by atoms with Crippen LogP contribution in [0.5, 0.6) is 0 Å². The molecule has 2 atom stereocenters. The van der Waals surface area contributed by atoms with Crippen molar-refractivity contribution in [2.75, 3.05) is 6.54 Å². The third-order valence-corrected chi connectivity index (χ3v) is 3.85. The topological polar surface area (TPSA) is 65.1 Å². The first-order valence-corrected chi connectivity index (χ1v) is 6.68. The molecule has 4 heteroatoms. The number of carbonyl (C=O) groups is 1. The molecule has 2 unspecified atom stereocenters. The number of carboxylic acid groups (broad SMARTS) is 1. The van der Waals surface area contributed by atoms with Crippen molar-refractivity contribution in [3.8, 4) is 0 Å². The number of aromatic nitrogens is 1. The van der Waals surface area contributed by atoms with Gasteiger partial charge in [0, 0.05) is 17.9 Å². The maximum atomic E-state index is 10.9. The van der Waals surface area contributed by atoms with Crippen LogP contribution in [0.25, 0.3) is 0 Å². The summed E-state index contributed by atoms with van der Waals surface area (Å²) in [5.74, 6) is 0.790. The maximum Gasteiger partial charge on any atom is 0.337 e. The summed E-state index contributed by atoms with van der Waals surface area (Å²) in [5.41, 5.74) is 2.06. The van der Waals surface area contributed by atoms with Crippen LogP contribution < -0.4 is 5.32 Å². The number of hydrogen-bond acceptors (Lipinski definition) is 2. The Bertz CT molecular complexity index is 425. The fourth-order valence-electron chi connectivity index (χ4n) is 2.87. The maximum absolute atomic E-state index is 10.9. The van der Waals surface area contributed by atoms with Gasteiger partial charge in [0.05, 0.1) is 5.56 Å². The molecular formula is C14H22N2O2. The van der Waals surface area contributed by atoms with Crippen LogP contribution in [0.4, 0.5) is 0 Å². The Morgan fingerprint density at radius 2 is 2.33 bits per heavy atom. The van der Waals surface area contributed by atoms with E-state index in [4.69, 9.17) is 5.11 Å². The minimum atomic E-state index is -0.861. The van der Waals surface area contributed by atoms with Gasteiger partial charge in [-0.1, -0.05) is 13.3 Å². The Labute approximate surface area is 108 Å². The standard InChI is InChI=1S/C14H22N2O2/c1-9-3-4-11(5-9)7-15-8-12-6-13(14(17)18)10(2)16-12/h6,9,11,15-16H,3-5,7-8H2,1-2H3,(H,17,18). The van der Waals surface area contributed by atoms with E-state index >= 15 is 0 Å². The summed E-state index contributed by atoms with van der Waals surface area (Å²) in [6.07, 6.45) is 3.98. The van der Waals surface area contributed by atoms with Crippen molar-refractivity contribution in [3.05, 3.63) is 23.0 Å². The lowest BCUT2D eigenvalue weighted by molar-refractivity contribution is 0.0696. The molecule has 3 N–H and O–H groups in total. The molecule has 2 rings (SSSR count). The molecule has 18 heavy (non-hydrogen) atoms. The molecule has 1 aromatic heterocycles. The average molecular weight is 250 g/mol. The largest absolute Gasteiger partial charge is 0.478 e. The van der Waals surface area contributed by atoms with Gasteiger partial charge in [-0.05, 0) is 44.2 Å². The zero-order valence-electron chi connectivity index (χ0n) is 11.1. The lowest BCUT2D eigenvalue weighted by Gasteiger charge is -2.10. The number of aromatic amines is 1. The quantitative estimate of drug-likeness (QED) is 0.752. The van der Waals surface area contributed by atoms with Crippen molar-refractivity contribution in [2.45, 2.75) is 39.7 Å². The van der Waals surface area contributed by atoms with Crippen LogP contribution in [0.15, 0.2) is 6.07 Å². The van der Waals surface area contributed by atoms with E-state index in [0.29, 0.717) is 5.56 Å². The molecule has 0 aliphatic heterocycles. The number of aromatic carboxylic acids is 1. The molecule has 4 nitrogen and oxygen atoms in total. The van der Waals surface area contributed by atoms with Crippen molar-refractivity contribution in [3.63, 3.8) is 0 Å². The van der Waals surface area contributed by atoms with E-state index in [1.54, 1.807) is 13.0 Å². The van der Waals surface area contributed by atoms with Crippen LogP contribution in [0.1, 0.15) is 47.9 Å². The summed E-state index contributed by atoms with van der Waals surface area (Å²) in [7, 11) is 0. The fourth-order valence-corrected chi connectivity index (χ4v) is 2.87. The van der Waals surface area contributed by atoms with Gasteiger partial charge >= 0.3 is 5.97 Å². The number of H-pyrrole nitrogens is 1. The van der Waals surface area contributed by atoms with Gasteiger partial charge in [0.1, 0.15) is 0 Å². The highest BCUT2D eigenvalue weighted by atomic mass is 16.4. The average Bonchev–Trinajstić information content (AvgIpc) is 2.85. The van der Waals surface area contributed by atoms with Gasteiger partial charge in [0.25, 0.3) is 0 Å². The predicted molar refractivity (Wildman–Crippen MR) is 70.7 cm³/mol. The molecule has 1 heterocycles. The van der Waals surface area contributed by atoms with E-state index in [9.17, 15) is 4.79 Å². The second-order valence-corrected chi connectivity index (χ2v) is 5.55. The fraction of sp³-hybridized carbons (Fsp3) is 0.643. The van der Waals surface area contributed by atoms with Crippen LogP contribution in [0.2, 0.25) is 0 Å². The van der Waals surface area contributed by atoms with Gasteiger partial charge in [-0.15, -0.1) is 0 Å². The summed E-state index contributed by atoms with van der Waals surface area (Å²) in [6.45, 7) is 5.86. The molecule has 0 saturated heterocycles. The summed E-state index contributed by atoms with van der Waals surface area (Å²) in [4.78, 5) is 14.0. The Hall–Kier alpha value is -1.29. The molecule has 0 aromatic carbocycles. The highest BCUT2D eigenvalue weighted by molar-refractivity contribution is 5.89. The van der Waals surface area contributed by atoms with Gasteiger partial charge in [0.2, 0.25) is 0 Å². The molecule has 1 saturated carbocycles. The van der Waals surface area contributed by atoms with Crippen molar-refractivity contribution >= 4 is 5.97 Å². The van der Waals surface area contributed by atoms with E-state index in [2.05, 4.69) is 17.2 Å². The predicted octanol–water partition coefficient (Wildman–Crippen LogP) is 2.55. The highest BCUT2D eigenvalue weighted by Gasteiger charge is 2.20. The Morgan fingerprint density at radius 3 is 2.89 bits per heavy atom. The van der Waals surface area contributed by atoms with E-state index < -0.39 is 5.97 Å².